The molecule has 2 aromatic heterocycles. The number of benzene rings is 4. The number of hydrogen-bond donors (Lipinski definition) is 0. The van der Waals surface area contributed by atoms with Gasteiger partial charge in [0.2, 0.25) is 5.28 Å². The van der Waals surface area contributed by atoms with Crippen molar-refractivity contribution in [2.45, 2.75) is 0 Å². The molecular formula is C27H16ClN3O. The van der Waals surface area contributed by atoms with E-state index in [-0.39, 0.29) is 5.28 Å². The topological polar surface area (TPSA) is 51.8 Å². The number of furan rings is 1. The van der Waals surface area contributed by atoms with Gasteiger partial charge in [0.1, 0.15) is 11.2 Å². The number of halogens is 1. The second-order valence-corrected chi connectivity index (χ2v) is 7.79. The number of rotatable bonds is 3. The second-order valence-electron chi connectivity index (χ2n) is 7.45. The Morgan fingerprint density at radius 1 is 0.500 bits per heavy atom. The fourth-order valence-corrected chi connectivity index (χ4v) is 4.19. The van der Waals surface area contributed by atoms with Crippen LogP contribution in [0.4, 0.5) is 0 Å². The van der Waals surface area contributed by atoms with E-state index < -0.39 is 0 Å². The Morgan fingerprint density at radius 3 is 1.75 bits per heavy atom. The molecule has 0 unspecified atom stereocenters. The first kappa shape index (κ1) is 18.7. The first-order chi connectivity index (χ1) is 15.8. The molecule has 4 aromatic carbocycles. The maximum Gasteiger partial charge on any atom is 0.226 e. The molecule has 0 radical (unpaired) electrons. The van der Waals surface area contributed by atoms with Gasteiger partial charge in [0.15, 0.2) is 11.6 Å². The zero-order valence-corrected chi connectivity index (χ0v) is 17.6. The molecule has 152 valence electrons. The lowest BCUT2D eigenvalue weighted by atomic mass is 10.0. The van der Waals surface area contributed by atoms with Gasteiger partial charge in [-0.3, -0.25) is 0 Å². The number of aromatic nitrogens is 3. The third-order valence-electron chi connectivity index (χ3n) is 5.49. The largest absolute Gasteiger partial charge is 0.455 e. The highest BCUT2D eigenvalue weighted by Gasteiger charge is 2.18. The third-order valence-corrected chi connectivity index (χ3v) is 5.66. The van der Waals surface area contributed by atoms with E-state index in [1.807, 2.05) is 60.7 Å². The molecule has 0 aliphatic rings. The van der Waals surface area contributed by atoms with Crippen molar-refractivity contribution in [2.24, 2.45) is 0 Å². The van der Waals surface area contributed by atoms with Crippen LogP contribution in [0.25, 0.3) is 55.8 Å². The monoisotopic (exact) mass is 433 g/mol. The minimum absolute atomic E-state index is 0.145. The molecule has 0 bridgehead atoms. The minimum atomic E-state index is 0.145. The van der Waals surface area contributed by atoms with Crippen molar-refractivity contribution in [3.05, 3.63) is 102 Å². The van der Waals surface area contributed by atoms with Crippen molar-refractivity contribution in [3.63, 3.8) is 0 Å². The summed E-state index contributed by atoms with van der Waals surface area (Å²) in [4.78, 5) is 13.4. The van der Waals surface area contributed by atoms with Crippen LogP contribution in [0.2, 0.25) is 5.28 Å². The Bertz CT molecular complexity index is 1580. The Labute approximate surface area is 189 Å². The summed E-state index contributed by atoms with van der Waals surface area (Å²) in [5.74, 6) is 1.01. The minimum Gasteiger partial charge on any atom is -0.455 e. The summed E-state index contributed by atoms with van der Waals surface area (Å²) in [5.41, 5.74) is 5.37. The van der Waals surface area contributed by atoms with Crippen molar-refractivity contribution in [1.29, 1.82) is 0 Å². The van der Waals surface area contributed by atoms with Crippen LogP contribution in [0.5, 0.6) is 0 Å². The van der Waals surface area contributed by atoms with Crippen LogP contribution in [-0.2, 0) is 0 Å². The van der Waals surface area contributed by atoms with Gasteiger partial charge in [0, 0.05) is 21.9 Å². The van der Waals surface area contributed by atoms with Gasteiger partial charge in [-0.2, -0.15) is 9.97 Å². The van der Waals surface area contributed by atoms with Crippen LogP contribution in [0.15, 0.2) is 101 Å². The maximum atomic E-state index is 6.47. The van der Waals surface area contributed by atoms with Crippen molar-refractivity contribution < 1.29 is 4.42 Å². The van der Waals surface area contributed by atoms with Crippen LogP contribution in [0.1, 0.15) is 0 Å². The van der Waals surface area contributed by atoms with Crippen molar-refractivity contribution in [1.82, 2.24) is 15.0 Å². The van der Waals surface area contributed by atoms with Gasteiger partial charge in [-0.1, -0.05) is 91.0 Å². The number of fused-ring (bicyclic) bond motifs is 3. The van der Waals surface area contributed by atoms with E-state index in [0.717, 1.165) is 44.2 Å². The van der Waals surface area contributed by atoms with Crippen LogP contribution in [-0.4, -0.2) is 15.0 Å². The quantitative estimate of drug-likeness (QED) is 0.291. The number of para-hydroxylation sites is 2. The maximum absolute atomic E-state index is 6.47. The lowest BCUT2D eigenvalue weighted by Crippen LogP contribution is -1.97. The van der Waals surface area contributed by atoms with Crippen molar-refractivity contribution >= 4 is 33.5 Å². The van der Waals surface area contributed by atoms with E-state index in [9.17, 15) is 0 Å². The molecule has 4 nitrogen and oxygen atoms in total. The van der Waals surface area contributed by atoms with Crippen LogP contribution >= 0.6 is 11.6 Å². The highest BCUT2D eigenvalue weighted by molar-refractivity contribution is 6.28. The lowest BCUT2D eigenvalue weighted by molar-refractivity contribution is 0.670. The van der Waals surface area contributed by atoms with Gasteiger partial charge in [0.25, 0.3) is 0 Å². The fourth-order valence-electron chi connectivity index (χ4n) is 4.03. The third kappa shape index (κ3) is 3.13. The summed E-state index contributed by atoms with van der Waals surface area (Å²) in [6, 6.07) is 32.2. The Morgan fingerprint density at radius 2 is 1.06 bits per heavy atom. The average molecular weight is 434 g/mol. The SMILES string of the molecule is Clc1nc(-c2ccccc2)nc(-c2cccc3c2oc2c(-c4ccccc4)cccc23)n1. The van der Waals surface area contributed by atoms with Gasteiger partial charge in [0.05, 0.1) is 5.56 Å². The molecule has 2 heterocycles. The van der Waals surface area contributed by atoms with Gasteiger partial charge >= 0.3 is 0 Å². The molecule has 6 aromatic rings. The Balaban J connectivity index is 1.60. The zero-order valence-electron chi connectivity index (χ0n) is 16.9. The average Bonchev–Trinajstić information content (AvgIpc) is 3.24. The van der Waals surface area contributed by atoms with E-state index in [4.69, 9.17) is 21.0 Å². The molecule has 6 rings (SSSR count). The molecular weight excluding hydrogens is 418 g/mol. The van der Waals surface area contributed by atoms with Crippen LogP contribution in [0, 0.1) is 0 Å². The molecule has 0 aliphatic carbocycles. The van der Waals surface area contributed by atoms with E-state index in [0.29, 0.717) is 11.6 Å². The van der Waals surface area contributed by atoms with Crippen LogP contribution < -0.4 is 0 Å². The van der Waals surface area contributed by atoms with Gasteiger partial charge < -0.3 is 4.42 Å². The molecule has 0 fully saturated rings. The standard InChI is InChI=1S/C27H16ClN3O/c28-27-30-25(18-11-5-2-6-12-18)29-26(31-27)22-16-8-15-21-20-14-7-13-19(23(20)32-24(21)22)17-9-3-1-4-10-17/h1-16H. The normalized spacial score (nSPS) is 11.3. The van der Waals surface area contributed by atoms with Gasteiger partial charge in [-0.25, -0.2) is 4.98 Å². The van der Waals surface area contributed by atoms with Gasteiger partial charge in [-0.15, -0.1) is 0 Å². The van der Waals surface area contributed by atoms with E-state index in [2.05, 4.69) is 46.4 Å². The molecule has 0 atom stereocenters. The second kappa shape index (κ2) is 7.59. The van der Waals surface area contributed by atoms with E-state index >= 15 is 0 Å². The Kier molecular flexibility index (Phi) is 4.44. The smallest absolute Gasteiger partial charge is 0.226 e. The molecule has 32 heavy (non-hydrogen) atoms. The summed E-state index contributed by atoms with van der Waals surface area (Å²) in [5, 5.41) is 2.20. The summed E-state index contributed by atoms with van der Waals surface area (Å²) < 4.78 is 6.47. The number of hydrogen-bond acceptors (Lipinski definition) is 4. The molecule has 0 N–H and O–H groups in total. The molecule has 0 saturated heterocycles. The first-order valence-electron chi connectivity index (χ1n) is 10.2. The summed E-state index contributed by atoms with van der Waals surface area (Å²) >= 11 is 6.29. The molecule has 0 aliphatic heterocycles. The van der Waals surface area contributed by atoms with Gasteiger partial charge in [-0.05, 0) is 23.2 Å². The molecule has 0 amide bonds. The zero-order chi connectivity index (χ0) is 21.5. The van der Waals surface area contributed by atoms with E-state index in [1.165, 1.54) is 0 Å². The Hall–Kier alpha value is -4.02. The predicted octanol–water partition coefficient (Wildman–Crippen LogP) is 7.43. The number of nitrogens with zero attached hydrogens (tertiary/aromatic N) is 3. The highest BCUT2D eigenvalue weighted by atomic mass is 35.5. The van der Waals surface area contributed by atoms with Crippen molar-refractivity contribution in [2.75, 3.05) is 0 Å². The molecule has 0 spiro atoms. The summed E-state index contributed by atoms with van der Waals surface area (Å²) in [6.07, 6.45) is 0. The first-order valence-corrected chi connectivity index (χ1v) is 10.6. The highest BCUT2D eigenvalue weighted by Crippen LogP contribution is 2.39. The summed E-state index contributed by atoms with van der Waals surface area (Å²) in [7, 11) is 0. The molecule has 5 heteroatoms. The lowest BCUT2D eigenvalue weighted by Gasteiger charge is -2.05. The molecule has 0 saturated carbocycles. The van der Waals surface area contributed by atoms with E-state index in [1.54, 1.807) is 0 Å². The summed E-state index contributed by atoms with van der Waals surface area (Å²) in [6.45, 7) is 0. The fraction of sp³-hybridized carbons (Fsp3) is 0. The van der Waals surface area contributed by atoms with Crippen LogP contribution in [0.3, 0.4) is 0 Å². The van der Waals surface area contributed by atoms with Crippen molar-refractivity contribution in [3.8, 4) is 33.9 Å². The predicted molar refractivity (Wildman–Crippen MR) is 128 cm³/mol.